The third-order valence-corrected chi connectivity index (χ3v) is 3.01. The first-order chi connectivity index (χ1) is 8.09. The van der Waals surface area contributed by atoms with Gasteiger partial charge in [-0.2, -0.15) is 0 Å². The van der Waals surface area contributed by atoms with Gasteiger partial charge in [0.1, 0.15) is 11.3 Å². The molecule has 1 amide bonds. The Morgan fingerprint density at radius 1 is 1.47 bits per heavy atom. The fraction of sp³-hybridized carbons (Fsp3) is 0.417. The molecule has 1 aromatic heterocycles. The molecule has 5 heteroatoms. The number of carbonyl (C=O) groups is 2. The highest BCUT2D eigenvalue weighted by Gasteiger charge is 2.28. The first-order valence-electron chi connectivity index (χ1n) is 5.58. The van der Waals surface area contributed by atoms with E-state index in [4.69, 9.17) is 0 Å². The van der Waals surface area contributed by atoms with Gasteiger partial charge in [0.2, 0.25) is 0 Å². The van der Waals surface area contributed by atoms with Crippen LogP contribution in [0.3, 0.4) is 0 Å². The number of nitrogens with one attached hydrogen (secondary N) is 1. The molecule has 1 saturated heterocycles. The van der Waals surface area contributed by atoms with E-state index in [-0.39, 0.29) is 28.6 Å². The Hall–Kier alpha value is -1.91. The van der Waals surface area contributed by atoms with E-state index in [9.17, 15) is 14.4 Å². The molecule has 1 unspecified atom stereocenters. The maximum Gasteiger partial charge on any atom is 0.259 e. The van der Waals surface area contributed by atoms with Gasteiger partial charge in [0.25, 0.3) is 5.91 Å². The minimum atomic E-state index is -0.300. The standard InChI is InChI=1S/C12H14N2O3/c1-8-7-14(5-3-10(8)15)12(17)9-6-13-4-2-11(9)16/h2,4,6,8H,3,5,7H2,1H3,(H,13,16). The van der Waals surface area contributed by atoms with E-state index < -0.39 is 0 Å². The summed E-state index contributed by atoms with van der Waals surface area (Å²) in [5.74, 6) is -0.266. The summed E-state index contributed by atoms with van der Waals surface area (Å²) < 4.78 is 0. The summed E-state index contributed by atoms with van der Waals surface area (Å²) in [4.78, 5) is 39.2. The number of piperidine rings is 1. The minimum absolute atomic E-state index is 0.133. The summed E-state index contributed by atoms with van der Waals surface area (Å²) in [6.07, 6.45) is 3.27. The van der Waals surface area contributed by atoms with Gasteiger partial charge in [-0.3, -0.25) is 14.4 Å². The largest absolute Gasteiger partial charge is 0.367 e. The van der Waals surface area contributed by atoms with E-state index >= 15 is 0 Å². The maximum atomic E-state index is 12.1. The lowest BCUT2D eigenvalue weighted by atomic mass is 9.98. The number of ketones is 1. The molecule has 0 radical (unpaired) electrons. The summed E-state index contributed by atoms with van der Waals surface area (Å²) in [7, 11) is 0. The molecule has 0 saturated carbocycles. The van der Waals surface area contributed by atoms with Crippen LogP contribution in [0.5, 0.6) is 0 Å². The van der Waals surface area contributed by atoms with Crippen LogP contribution in [0.25, 0.3) is 0 Å². The molecule has 0 aromatic carbocycles. The summed E-state index contributed by atoms with van der Waals surface area (Å²) in [5.41, 5.74) is -0.160. The first-order valence-corrected chi connectivity index (χ1v) is 5.58. The van der Waals surface area contributed by atoms with Crippen molar-refractivity contribution in [2.24, 2.45) is 5.92 Å². The van der Waals surface area contributed by atoms with Crippen molar-refractivity contribution < 1.29 is 9.59 Å². The number of rotatable bonds is 1. The second-order valence-electron chi connectivity index (χ2n) is 4.29. The number of hydrogen-bond donors (Lipinski definition) is 1. The number of likely N-dealkylation sites (tertiary alicyclic amines) is 1. The molecule has 1 aliphatic heterocycles. The molecule has 2 heterocycles. The molecule has 1 N–H and O–H groups in total. The molecule has 1 aliphatic rings. The number of nitrogens with zero attached hydrogens (tertiary/aromatic N) is 1. The van der Waals surface area contributed by atoms with Crippen LogP contribution >= 0.6 is 0 Å². The first kappa shape index (κ1) is 11.6. The van der Waals surface area contributed by atoms with Crippen LogP contribution in [0, 0.1) is 5.92 Å². The SMILES string of the molecule is CC1CN(C(=O)c2c[nH]ccc2=O)CCC1=O. The molecule has 5 nitrogen and oxygen atoms in total. The van der Waals surface area contributed by atoms with Crippen molar-refractivity contribution >= 4 is 11.7 Å². The number of Topliss-reactive ketones (excluding diaryl/α,β-unsaturated/α-hetero) is 1. The van der Waals surface area contributed by atoms with Crippen LogP contribution in [0.4, 0.5) is 0 Å². The van der Waals surface area contributed by atoms with Gasteiger partial charge in [-0.15, -0.1) is 0 Å². The lowest BCUT2D eigenvalue weighted by molar-refractivity contribution is -0.124. The number of aromatic nitrogens is 1. The van der Waals surface area contributed by atoms with Crippen molar-refractivity contribution in [3.8, 4) is 0 Å². The predicted molar refractivity (Wildman–Crippen MR) is 61.8 cm³/mol. The van der Waals surface area contributed by atoms with Crippen molar-refractivity contribution in [1.82, 2.24) is 9.88 Å². The highest BCUT2D eigenvalue weighted by Crippen LogP contribution is 2.13. The molecule has 1 aromatic rings. The van der Waals surface area contributed by atoms with Gasteiger partial charge in [0, 0.05) is 43.9 Å². The Bertz CT molecular complexity index is 506. The number of H-pyrrole nitrogens is 1. The van der Waals surface area contributed by atoms with Gasteiger partial charge in [-0.1, -0.05) is 6.92 Å². The van der Waals surface area contributed by atoms with Crippen molar-refractivity contribution in [3.05, 3.63) is 34.2 Å². The molecule has 90 valence electrons. The average Bonchev–Trinajstić information content (AvgIpc) is 2.32. The van der Waals surface area contributed by atoms with E-state index in [1.165, 1.54) is 18.5 Å². The molecule has 2 rings (SSSR count). The zero-order chi connectivity index (χ0) is 12.4. The van der Waals surface area contributed by atoms with Gasteiger partial charge in [-0.25, -0.2) is 0 Å². The Labute approximate surface area is 98.4 Å². The lowest BCUT2D eigenvalue weighted by Gasteiger charge is -2.29. The number of amides is 1. The molecule has 1 atom stereocenters. The normalized spacial score (nSPS) is 20.4. The quantitative estimate of drug-likeness (QED) is 0.765. The van der Waals surface area contributed by atoms with Gasteiger partial charge < -0.3 is 9.88 Å². The Morgan fingerprint density at radius 2 is 2.24 bits per heavy atom. The number of aromatic amines is 1. The Balaban J connectivity index is 2.19. The van der Waals surface area contributed by atoms with Crippen LogP contribution in [0.15, 0.2) is 23.3 Å². The van der Waals surface area contributed by atoms with Gasteiger partial charge in [0.15, 0.2) is 5.43 Å². The van der Waals surface area contributed by atoms with Crippen LogP contribution in [-0.2, 0) is 4.79 Å². The molecular weight excluding hydrogens is 220 g/mol. The minimum Gasteiger partial charge on any atom is -0.367 e. The summed E-state index contributed by atoms with van der Waals surface area (Å²) >= 11 is 0. The van der Waals surface area contributed by atoms with Crippen LogP contribution in [0.2, 0.25) is 0 Å². The Morgan fingerprint density at radius 3 is 2.88 bits per heavy atom. The van der Waals surface area contributed by atoms with E-state index in [2.05, 4.69) is 4.98 Å². The topological polar surface area (TPSA) is 70.2 Å². The Kier molecular flexibility index (Phi) is 3.08. The summed E-state index contributed by atoms with van der Waals surface area (Å²) in [6, 6.07) is 1.33. The second kappa shape index (κ2) is 4.53. The zero-order valence-corrected chi connectivity index (χ0v) is 9.60. The number of hydrogen-bond acceptors (Lipinski definition) is 3. The van der Waals surface area contributed by atoms with Crippen LogP contribution < -0.4 is 5.43 Å². The van der Waals surface area contributed by atoms with Crippen molar-refractivity contribution in [2.45, 2.75) is 13.3 Å². The highest BCUT2D eigenvalue weighted by molar-refractivity contribution is 5.95. The van der Waals surface area contributed by atoms with Crippen molar-refractivity contribution in [2.75, 3.05) is 13.1 Å². The van der Waals surface area contributed by atoms with Gasteiger partial charge in [-0.05, 0) is 0 Å². The van der Waals surface area contributed by atoms with E-state index in [0.29, 0.717) is 19.5 Å². The fourth-order valence-corrected chi connectivity index (χ4v) is 1.95. The van der Waals surface area contributed by atoms with Crippen molar-refractivity contribution in [3.63, 3.8) is 0 Å². The number of pyridine rings is 1. The third-order valence-electron chi connectivity index (χ3n) is 3.01. The van der Waals surface area contributed by atoms with Gasteiger partial charge >= 0.3 is 0 Å². The molecule has 0 bridgehead atoms. The summed E-state index contributed by atoms with van der Waals surface area (Å²) in [6.45, 7) is 2.60. The van der Waals surface area contributed by atoms with Crippen LogP contribution in [-0.4, -0.2) is 34.7 Å². The molecule has 0 aliphatic carbocycles. The maximum absolute atomic E-state index is 12.1. The van der Waals surface area contributed by atoms with E-state index in [0.717, 1.165) is 0 Å². The monoisotopic (exact) mass is 234 g/mol. The predicted octanol–water partition coefficient (Wildman–Crippen LogP) is 0.426. The summed E-state index contributed by atoms with van der Waals surface area (Å²) in [5, 5.41) is 0. The molecule has 17 heavy (non-hydrogen) atoms. The molecular formula is C12H14N2O3. The van der Waals surface area contributed by atoms with E-state index in [1.54, 1.807) is 11.8 Å². The van der Waals surface area contributed by atoms with Crippen molar-refractivity contribution in [1.29, 1.82) is 0 Å². The average molecular weight is 234 g/mol. The molecule has 0 spiro atoms. The zero-order valence-electron chi connectivity index (χ0n) is 9.60. The lowest BCUT2D eigenvalue weighted by Crippen LogP contribution is -2.44. The molecule has 1 fully saturated rings. The van der Waals surface area contributed by atoms with Crippen LogP contribution in [0.1, 0.15) is 23.7 Å². The second-order valence-corrected chi connectivity index (χ2v) is 4.29. The third kappa shape index (κ3) is 2.27. The fourth-order valence-electron chi connectivity index (χ4n) is 1.95. The van der Waals surface area contributed by atoms with Gasteiger partial charge in [0.05, 0.1) is 0 Å². The van der Waals surface area contributed by atoms with E-state index in [1.807, 2.05) is 0 Å². The smallest absolute Gasteiger partial charge is 0.259 e. The highest BCUT2D eigenvalue weighted by atomic mass is 16.2. The number of carbonyl (C=O) groups excluding carboxylic acids is 2.